The van der Waals surface area contributed by atoms with Crippen molar-refractivity contribution >= 4 is 24.2 Å². The van der Waals surface area contributed by atoms with Crippen molar-refractivity contribution in [1.29, 1.82) is 0 Å². The van der Waals surface area contributed by atoms with Crippen molar-refractivity contribution in [2.45, 2.75) is 219 Å². The summed E-state index contributed by atoms with van der Waals surface area (Å²) in [6.07, 6.45) is 33.4. The summed E-state index contributed by atoms with van der Waals surface area (Å²) in [5.41, 5.74) is 0. The van der Waals surface area contributed by atoms with Gasteiger partial charge in [0.25, 0.3) is 0 Å². The lowest BCUT2D eigenvalue weighted by Crippen LogP contribution is -2.32. The van der Waals surface area contributed by atoms with Crippen LogP contribution in [0.2, 0.25) is 0 Å². The van der Waals surface area contributed by atoms with Gasteiger partial charge in [-0.15, -0.1) is 0 Å². The molecule has 0 amide bonds. The lowest BCUT2D eigenvalue weighted by atomic mass is 10.0. The Bertz CT molecular complexity index is 707. The molecule has 0 saturated carbocycles. The minimum absolute atomic E-state index is 0.143. The van der Waals surface area contributed by atoms with E-state index in [1.54, 1.807) is 6.92 Å². The summed E-state index contributed by atoms with van der Waals surface area (Å²) < 4.78 is 16.4. The van der Waals surface area contributed by atoms with Crippen LogP contribution in [0.5, 0.6) is 0 Å². The normalized spacial score (nSPS) is 11.8. The zero-order valence-corrected chi connectivity index (χ0v) is 31.7. The predicted octanol–water partition coefficient (Wildman–Crippen LogP) is 11.6. The number of carbonyl (C=O) groups is 4. The standard InChI is InChI=1S/C41H76O7/c1-4-6-8-10-12-14-16-18-20-22-24-26-28-32-39(43)46-35-38(48-41(45)37(3)31-30-34-42)36-47-40(44)33-29-27-25-23-21-19-17-15-13-11-9-7-5-2/h34,37-38H,4-33,35-36H2,1-3H3. The molecule has 0 radical (unpaired) electrons. The van der Waals surface area contributed by atoms with E-state index in [1.165, 1.54) is 128 Å². The topological polar surface area (TPSA) is 96.0 Å². The largest absolute Gasteiger partial charge is 0.462 e. The number of unbranched alkanes of at least 4 members (excludes halogenated alkanes) is 24. The smallest absolute Gasteiger partial charge is 0.309 e. The zero-order valence-electron chi connectivity index (χ0n) is 31.7. The number of carbonyl (C=O) groups excluding carboxylic acids is 4. The Morgan fingerprint density at radius 2 is 0.812 bits per heavy atom. The Labute approximate surface area is 295 Å². The van der Waals surface area contributed by atoms with Crippen LogP contribution < -0.4 is 0 Å². The van der Waals surface area contributed by atoms with E-state index in [4.69, 9.17) is 14.2 Å². The molecule has 0 aliphatic rings. The van der Waals surface area contributed by atoms with E-state index in [0.717, 1.165) is 44.8 Å². The maximum absolute atomic E-state index is 12.5. The third-order valence-corrected chi connectivity index (χ3v) is 9.23. The van der Waals surface area contributed by atoms with E-state index in [1.807, 2.05) is 0 Å². The van der Waals surface area contributed by atoms with Gasteiger partial charge in [0.2, 0.25) is 0 Å². The van der Waals surface area contributed by atoms with E-state index in [9.17, 15) is 19.2 Å². The van der Waals surface area contributed by atoms with Crippen LogP contribution in [0.4, 0.5) is 0 Å². The highest BCUT2D eigenvalue weighted by Gasteiger charge is 2.23. The second-order valence-corrected chi connectivity index (χ2v) is 14.1. The Hall–Kier alpha value is -1.92. The molecule has 7 heteroatoms. The molecule has 0 saturated heterocycles. The molecule has 0 aromatic carbocycles. The van der Waals surface area contributed by atoms with Gasteiger partial charge in [-0.1, -0.05) is 175 Å². The number of hydrogen-bond donors (Lipinski definition) is 0. The Balaban J connectivity index is 4.17. The maximum atomic E-state index is 12.5. The molecule has 7 nitrogen and oxygen atoms in total. The molecule has 0 spiro atoms. The number of rotatable bonds is 37. The zero-order chi connectivity index (χ0) is 35.3. The predicted molar refractivity (Wildman–Crippen MR) is 197 cm³/mol. The van der Waals surface area contributed by atoms with E-state index < -0.39 is 18.0 Å². The van der Waals surface area contributed by atoms with Crippen molar-refractivity contribution in [2.24, 2.45) is 5.92 Å². The van der Waals surface area contributed by atoms with E-state index in [0.29, 0.717) is 19.3 Å². The average molecular weight is 681 g/mol. The van der Waals surface area contributed by atoms with Gasteiger partial charge in [0.05, 0.1) is 5.92 Å². The molecule has 0 aromatic heterocycles. The fourth-order valence-electron chi connectivity index (χ4n) is 5.92. The summed E-state index contributed by atoms with van der Waals surface area (Å²) in [7, 11) is 0. The summed E-state index contributed by atoms with van der Waals surface area (Å²) in [6, 6.07) is 0. The van der Waals surface area contributed by atoms with Gasteiger partial charge in [0, 0.05) is 19.3 Å². The van der Waals surface area contributed by atoms with Gasteiger partial charge < -0.3 is 19.0 Å². The average Bonchev–Trinajstić information content (AvgIpc) is 3.08. The maximum Gasteiger partial charge on any atom is 0.309 e. The highest BCUT2D eigenvalue weighted by molar-refractivity contribution is 5.73. The van der Waals surface area contributed by atoms with Gasteiger partial charge in [0.15, 0.2) is 6.10 Å². The first-order valence-electron chi connectivity index (χ1n) is 20.4. The fourth-order valence-corrected chi connectivity index (χ4v) is 5.92. The monoisotopic (exact) mass is 681 g/mol. The molecule has 0 aromatic rings. The van der Waals surface area contributed by atoms with Crippen LogP contribution in [0.1, 0.15) is 213 Å². The molecule has 0 aliphatic carbocycles. The van der Waals surface area contributed by atoms with Gasteiger partial charge in [-0.3, -0.25) is 14.4 Å². The quantitative estimate of drug-likeness (QED) is 0.0279. The molecular formula is C41H76O7. The lowest BCUT2D eigenvalue weighted by Gasteiger charge is -2.20. The summed E-state index contributed by atoms with van der Waals surface area (Å²) in [5.74, 6) is -1.61. The van der Waals surface area contributed by atoms with Crippen LogP contribution in [0.25, 0.3) is 0 Å². The SMILES string of the molecule is CCCCCCCCCCCCCCCC(=O)OCC(COC(=O)CCCCCCCCCCCCCCC)OC(=O)C(C)CCC=O. The van der Waals surface area contributed by atoms with Crippen LogP contribution in [0, 0.1) is 5.92 Å². The van der Waals surface area contributed by atoms with Crippen molar-refractivity contribution < 1.29 is 33.4 Å². The molecule has 0 rings (SSSR count). The van der Waals surface area contributed by atoms with Crippen molar-refractivity contribution in [1.82, 2.24) is 0 Å². The summed E-state index contributed by atoms with van der Waals surface area (Å²) in [6.45, 7) is 5.92. The van der Waals surface area contributed by atoms with Crippen LogP contribution in [-0.4, -0.2) is 43.5 Å². The molecule has 1 unspecified atom stereocenters. The van der Waals surface area contributed by atoms with Crippen LogP contribution in [0.15, 0.2) is 0 Å². The molecule has 0 N–H and O–H groups in total. The molecule has 48 heavy (non-hydrogen) atoms. The Morgan fingerprint density at radius 3 is 1.12 bits per heavy atom. The second kappa shape index (κ2) is 36.4. The number of ether oxygens (including phenoxy) is 3. The van der Waals surface area contributed by atoms with Gasteiger partial charge in [-0.2, -0.15) is 0 Å². The molecule has 1 atom stereocenters. The molecule has 0 heterocycles. The molecule has 0 aliphatic heterocycles. The van der Waals surface area contributed by atoms with Gasteiger partial charge in [0.1, 0.15) is 19.5 Å². The number of esters is 3. The fraction of sp³-hybridized carbons (Fsp3) is 0.902. The highest BCUT2D eigenvalue weighted by atomic mass is 16.6. The minimum Gasteiger partial charge on any atom is -0.462 e. The summed E-state index contributed by atoms with van der Waals surface area (Å²) >= 11 is 0. The summed E-state index contributed by atoms with van der Waals surface area (Å²) in [4.78, 5) is 48.0. The first-order valence-corrected chi connectivity index (χ1v) is 20.4. The van der Waals surface area contributed by atoms with Gasteiger partial charge in [-0.25, -0.2) is 0 Å². The van der Waals surface area contributed by atoms with Crippen LogP contribution in [0.3, 0.4) is 0 Å². The Kier molecular flexibility index (Phi) is 34.9. The third-order valence-electron chi connectivity index (χ3n) is 9.23. The molecular weight excluding hydrogens is 604 g/mol. The summed E-state index contributed by atoms with van der Waals surface area (Å²) in [5, 5.41) is 0. The number of hydrogen-bond acceptors (Lipinski definition) is 7. The van der Waals surface area contributed by atoms with Crippen molar-refractivity contribution in [2.75, 3.05) is 13.2 Å². The second-order valence-electron chi connectivity index (χ2n) is 14.1. The van der Waals surface area contributed by atoms with Crippen molar-refractivity contribution in [3.63, 3.8) is 0 Å². The molecule has 282 valence electrons. The van der Waals surface area contributed by atoms with Gasteiger partial charge >= 0.3 is 17.9 Å². The first kappa shape index (κ1) is 46.1. The van der Waals surface area contributed by atoms with E-state index in [-0.39, 0.29) is 31.6 Å². The van der Waals surface area contributed by atoms with E-state index in [2.05, 4.69) is 13.8 Å². The van der Waals surface area contributed by atoms with Gasteiger partial charge in [-0.05, 0) is 19.3 Å². The van der Waals surface area contributed by atoms with Crippen LogP contribution >= 0.6 is 0 Å². The number of aldehydes is 1. The first-order chi connectivity index (χ1) is 23.4. The van der Waals surface area contributed by atoms with Crippen molar-refractivity contribution in [3.8, 4) is 0 Å². The molecule has 0 bridgehead atoms. The highest BCUT2D eigenvalue weighted by Crippen LogP contribution is 2.15. The minimum atomic E-state index is -0.859. The lowest BCUT2D eigenvalue weighted by molar-refractivity contribution is -0.169. The Morgan fingerprint density at radius 1 is 0.500 bits per heavy atom. The third kappa shape index (κ3) is 32.6. The van der Waals surface area contributed by atoms with Crippen LogP contribution in [-0.2, 0) is 33.4 Å². The van der Waals surface area contributed by atoms with E-state index >= 15 is 0 Å². The van der Waals surface area contributed by atoms with Crippen molar-refractivity contribution in [3.05, 3.63) is 0 Å². The molecule has 0 fully saturated rings.